The number of hydrogen-bond acceptors (Lipinski definition) is 4. The third kappa shape index (κ3) is 9.11. The van der Waals surface area contributed by atoms with Crippen LogP contribution in [0.15, 0.2) is 78.9 Å². The van der Waals surface area contributed by atoms with E-state index in [1.165, 1.54) is 4.90 Å². The van der Waals surface area contributed by atoms with E-state index >= 15 is 0 Å². The van der Waals surface area contributed by atoms with Crippen molar-refractivity contribution < 1.29 is 18.0 Å². The lowest BCUT2D eigenvalue weighted by Gasteiger charge is -2.35. The highest BCUT2D eigenvalue weighted by Gasteiger charge is 2.34. The van der Waals surface area contributed by atoms with E-state index in [-0.39, 0.29) is 18.9 Å². The van der Waals surface area contributed by atoms with Crippen molar-refractivity contribution in [3.8, 4) is 0 Å². The molecule has 0 aliphatic heterocycles. The molecule has 0 fully saturated rings. The molecule has 208 valence electrons. The molecule has 0 saturated heterocycles. The Morgan fingerprint density at radius 3 is 2.03 bits per heavy atom. The van der Waals surface area contributed by atoms with E-state index in [9.17, 15) is 18.0 Å². The first-order chi connectivity index (χ1) is 18.2. The Bertz CT molecular complexity index is 1370. The SMILES string of the molecule is Cc1ccc(CN(C(=O)CN(c2ccc(Cl)cc2)S(C)(=O)=O)C(Cc2ccccc2)C(=O)NC(C)(C)C)cc1. The van der Waals surface area contributed by atoms with Crippen LogP contribution in [0.5, 0.6) is 0 Å². The monoisotopic (exact) mass is 569 g/mol. The van der Waals surface area contributed by atoms with Crippen LogP contribution < -0.4 is 9.62 Å². The van der Waals surface area contributed by atoms with Crippen molar-refractivity contribution in [3.05, 3.63) is 101 Å². The Hall–Kier alpha value is -3.36. The maximum absolute atomic E-state index is 14.0. The van der Waals surface area contributed by atoms with Crippen LogP contribution in [0.4, 0.5) is 5.69 Å². The second-order valence-electron chi connectivity index (χ2n) is 10.7. The summed E-state index contributed by atoms with van der Waals surface area (Å²) in [5, 5.41) is 3.46. The molecule has 7 nitrogen and oxygen atoms in total. The van der Waals surface area contributed by atoms with E-state index in [0.29, 0.717) is 10.7 Å². The van der Waals surface area contributed by atoms with Crippen molar-refractivity contribution in [3.63, 3.8) is 0 Å². The van der Waals surface area contributed by atoms with Crippen LogP contribution in [0.3, 0.4) is 0 Å². The quantitative estimate of drug-likeness (QED) is 0.373. The van der Waals surface area contributed by atoms with Gasteiger partial charge in [0.2, 0.25) is 21.8 Å². The Balaban J connectivity index is 2.06. The molecule has 9 heteroatoms. The van der Waals surface area contributed by atoms with Gasteiger partial charge in [0.25, 0.3) is 0 Å². The van der Waals surface area contributed by atoms with Crippen molar-refractivity contribution in [1.82, 2.24) is 10.2 Å². The van der Waals surface area contributed by atoms with E-state index in [4.69, 9.17) is 11.6 Å². The standard InChI is InChI=1S/C30H36ClN3O4S/c1-22-11-13-24(14-12-22)20-33(27(29(36)32-30(2,3)4)19-23-9-7-6-8-10-23)28(35)21-34(39(5,37)38)26-17-15-25(31)16-18-26/h6-18,27H,19-21H2,1-5H3,(H,32,36). The number of carbonyl (C=O) groups is 2. The molecule has 0 aliphatic carbocycles. The van der Waals surface area contributed by atoms with Crippen molar-refractivity contribution in [2.45, 2.75) is 52.2 Å². The Morgan fingerprint density at radius 2 is 1.49 bits per heavy atom. The van der Waals surface area contributed by atoms with Crippen molar-refractivity contribution in [1.29, 1.82) is 0 Å². The number of nitrogens with one attached hydrogen (secondary N) is 1. The number of carbonyl (C=O) groups excluding carboxylic acids is 2. The zero-order valence-electron chi connectivity index (χ0n) is 23.0. The number of sulfonamides is 1. The fraction of sp³-hybridized carbons (Fsp3) is 0.333. The molecule has 0 radical (unpaired) electrons. The maximum atomic E-state index is 14.0. The first kappa shape index (κ1) is 30.2. The Kier molecular flexibility index (Phi) is 9.80. The number of anilines is 1. The van der Waals surface area contributed by atoms with E-state index < -0.39 is 34.1 Å². The Labute approximate surface area is 236 Å². The number of hydrogen-bond donors (Lipinski definition) is 1. The fourth-order valence-electron chi connectivity index (χ4n) is 4.12. The minimum atomic E-state index is -3.83. The molecule has 3 rings (SSSR count). The summed E-state index contributed by atoms with van der Waals surface area (Å²) in [6.45, 7) is 7.26. The number of benzene rings is 3. The van der Waals surface area contributed by atoms with Gasteiger partial charge in [0.05, 0.1) is 11.9 Å². The first-order valence-electron chi connectivity index (χ1n) is 12.7. The van der Waals surface area contributed by atoms with Gasteiger partial charge in [-0.2, -0.15) is 0 Å². The van der Waals surface area contributed by atoms with Gasteiger partial charge in [-0.1, -0.05) is 71.8 Å². The Morgan fingerprint density at radius 1 is 0.897 bits per heavy atom. The largest absolute Gasteiger partial charge is 0.350 e. The highest BCUT2D eigenvalue weighted by molar-refractivity contribution is 7.92. The molecular weight excluding hydrogens is 534 g/mol. The van der Waals surface area contributed by atoms with Crippen LogP contribution >= 0.6 is 11.6 Å². The van der Waals surface area contributed by atoms with Crippen LogP contribution in [0.1, 0.15) is 37.5 Å². The van der Waals surface area contributed by atoms with E-state index in [2.05, 4.69) is 5.32 Å². The summed E-state index contributed by atoms with van der Waals surface area (Å²) in [5.41, 5.74) is 2.55. The average Bonchev–Trinajstić information content (AvgIpc) is 2.85. The number of amides is 2. The van der Waals surface area contributed by atoms with Crippen LogP contribution in [0.25, 0.3) is 0 Å². The number of nitrogens with zero attached hydrogens (tertiary/aromatic N) is 2. The number of halogens is 1. The van der Waals surface area contributed by atoms with Gasteiger partial charge in [0.15, 0.2) is 0 Å². The van der Waals surface area contributed by atoms with Crippen LogP contribution in [-0.4, -0.2) is 49.5 Å². The lowest BCUT2D eigenvalue weighted by molar-refractivity contribution is -0.140. The first-order valence-corrected chi connectivity index (χ1v) is 14.9. The minimum absolute atomic E-state index is 0.131. The summed E-state index contributed by atoms with van der Waals surface area (Å²) >= 11 is 6.01. The third-order valence-electron chi connectivity index (χ3n) is 6.04. The topological polar surface area (TPSA) is 86.8 Å². The smallest absolute Gasteiger partial charge is 0.244 e. The predicted molar refractivity (Wildman–Crippen MR) is 157 cm³/mol. The third-order valence-corrected chi connectivity index (χ3v) is 7.43. The van der Waals surface area contributed by atoms with Crippen LogP contribution in [0, 0.1) is 6.92 Å². The van der Waals surface area contributed by atoms with Gasteiger partial charge in [-0.05, 0) is 63.1 Å². The van der Waals surface area contributed by atoms with Gasteiger partial charge in [0, 0.05) is 23.5 Å². The zero-order chi connectivity index (χ0) is 28.8. The van der Waals surface area contributed by atoms with Gasteiger partial charge in [-0.3, -0.25) is 13.9 Å². The lowest BCUT2D eigenvalue weighted by Crippen LogP contribution is -2.56. The zero-order valence-corrected chi connectivity index (χ0v) is 24.6. The van der Waals surface area contributed by atoms with Gasteiger partial charge >= 0.3 is 0 Å². The van der Waals surface area contributed by atoms with Crippen molar-refractivity contribution >= 4 is 39.1 Å². The van der Waals surface area contributed by atoms with Crippen molar-refractivity contribution in [2.24, 2.45) is 0 Å². The molecule has 39 heavy (non-hydrogen) atoms. The van der Waals surface area contributed by atoms with Crippen molar-refractivity contribution in [2.75, 3.05) is 17.1 Å². The molecule has 3 aromatic carbocycles. The molecule has 0 saturated carbocycles. The highest BCUT2D eigenvalue weighted by Crippen LogP contribution is 2.22. The summed E-state index contributed by atoms with van der Waals surface area (Å²) in [4.78, 5) is 29.2. The molecule has 3 aromatic rings. The summed E-state index contributed by atoms with van der Waals surface area (Å²) in [7, 11) is -3.83. The lowest BCUT2D eigenvalue weighted by atomic mass is 10.0. The van der Waals surface area contributed by atoms with E-state index in [1.807, 2.05) is 82.3 Å². The van der Waals surface area contributed by atoms with Gasteiger partial charge in [-0.25, -0.2) is 8.42 Å². The summed E-state index contributed by atoms with van der Waals surface area (Å²) in [6, 6.07) is 22.5. The molecule has 1 atom stereocenters. The van der Waals surface area contributed by atoms with Gasteiger partial charge in [-0.15, -0.1) is 0 Å². The van der Waals surface area contributed by atoms with Gasteiger partial charge in [0.1, 0.15) is 12.6 Å². The summed E-state index contributed by atoms with van der Waals surface area (Å²) < 4.78 is 26.6. The molecule has 1 N–H and O–H groups in total. The molecular formula is C30H36ClN3O4S. The predicted octanol–water partition coefficient (Wildman–Crippen LogP) is 4.97. The second kappa shape index (κ2) is 12.7. The highest BCUT2D eigenvalue weighted by atomic mass is 35.5. The molecule has 0 aromatic heterocycles. The number of aryl methyl sites for hydroxylation is 1. The average molecular weight is 570 g/mol. The van der Waals surface area contributed by atoms with E-state index in [1.54, 1.807) is 24.3 Å². The van der Waals surface area contributed by atoms with Gasteiger partial charge < -0.3 is 10.2 Å². The number of rotatable bonds is 10. The molecule has 0 heterocycles. The summed E-state index contributed by atoms with van der Waals surface area (Å²) in [6.07, 6.45) is 1.31. The minimum Gasteiger partial charge on any atom is -0.350 e. The molecule has 0 bridgehead atoms. The summed E-state index contributed by atoms with van der Waals surface area (Å²) in [5.74, 6) is -0.815. The molecule has 1 unspecified atom stereocenters. The molecule has 0 spiro atoms. The second-order valence-corrected chi connectivity index (χ2v) is 13.0. The molecule has 2 amide bonds. The fourth-order valence-corrected chi connectivity index (χ4v) is 5.09. The molecule has 0 aliphatic rings. The van der Waals surface area contributed by atoms with E-state index in [0.717, 1.165) is 27.3 Å². The normalized spacial score (nSPS) is 12.5. The van der Waals surface area contributed by atoms with Crippen LogP contribution in [-0.2, 0) is 32.6 Å². The maximum Gasteiger partial charge on any atom is 0.244 e. The van der Waals surface area contributed by atoms with Crippen LogP contribution in [0.2, 0.25) is 5.02 Å².